The molecule has 6 rings (SSSR count). The summed E-state index contributed by atoms with van der Waals surface area (Å²) in [5, 5.41) is 14.6. The van der Waals surface area contributed by atoms with Gasteiger partial charge in [0.15, 0.2) is 5.82 Å². The largest absolute Gasteiger partial charge is 0.459 e. The lowest BCUT2D eigenvalue weighted by Gasteiger charge is -2.34. The molecule has 2 heterocycles. The van der Waals surface area contributed by atoms with Gasteiger partial charge in [0.25, 0.3) is 0 Å². The Hall–Kier alpha value is -4.11. The number of halogens is 1. The van der Waals surface area contributed by atoms with Gasteiger partial charge in [0, 0.05) is 23.5 Å². The summed E-state index contributed by atoms with van der Waals surface area (Å²) in [6.07, 6.45) is 8.43. The van der Waals surface area contributed by atoms with Crippen molar-refractivity contribution in [3.63, 3.8) is 0 Å². The first-order chi connectivity index (χ1) is 18.9. The number of hydrogen-bond donors (Lipinski definition) is 2. The smallest absolute Gasteiger partial charge is 0.338 e. The molecule has 0 unspecified atom stereocenters. The molecule has 0 amide bonds. The maximum atomic E-state index is 14.1. The van der Waals surface area contributed by atoms with Crippen LogP contribution in [0.2, 0.25) is 0 Å². The van der Waals surface area contributed by atoms with Gasteiger partial charge in [-0.05, 0) is 81.3 Å². The highest BCUT2D eigenvalue weighted by molar-refractivity contribution is 5.89. The van der Waals surface area contributed by atoms with E-state index in [4.69, 9.17) is 4.74 Å². The predicted molar refractivity (Wildman–Crippen MR) is 144 cm³/mol. The number of aliphatic hydroxyl groups is 1. The van der Waals surface area contributed by atoms with E-state index in [0.29, 0.717) is 48.6 Å². The third-order valence-corrected chi connectivity index (χ3v) is 7.45. The number of nitrogens with one attached hydrogen (secondary N) is 1. The molecule has 2 aliphatic carbocycles. The summed E-state index contributed by atoms with van der Waals surface area (Å²) in [6.45, 7) is 1.99. The standard InChI is InChI=1S/C30H30FN5O3/c1-19-13-22(34-29-32-16-25(31)27(35-29)20-7-8-20)15-23(14-19)36-17-26(33-18-36)30(38)11-9-24(10-12-30)39-28(37)21-5-3-2-4-6-21/h2-6,13-18,20,24,38H,7-12H2,1H3,(H,32,34,35). The molecule has 2 aromatic heterocycles. The Morgan fingerprint density at radius 2 is 1.87 bits per heavy atom. The number of aryl methyl sites for hydroxylation is 1. The first-order valence-corrected chi connectivity index (χ1v) is 13.3. The van der Waals surface area contributed by atoms with Crippen LogP contribution in [0.1, 0.15) is 71.8 Å². The van der Waals surface area contributed by atoms with Crippen molar-refractivity contribution in [3.8, 4) is 5.69 Å². The molecule has 200 valence electrons. The minimum Gasteiger partial charge on any atom is -0.459 e. The molecule has 8 nitrogen and oxygen atoms in total. The Morgan fingerprint density at radius 1 is 1.10 bits per heavy atom. The molecular weight excluding hydrogens is 497 g/mol. The number of carbonyl (C=O) groups is 1. The topological polar surface area (TPSA) is 102 Å². The van der Waals surface area contributed by atoms with Gasteiger partial charge in [0.05, 0.1) is 29.5 Å². The predicted octanol–water partition coefficient (Wildman–Crippen LogP) is 5.72. The molecule has 2 saturated carbocycles. The highest BCUT2D eigenvalue weighted by Gasteiger charge is 2.38. The van der Waals surface area contributed by atoms with Crippen LogP contribution in [0.5, 0.6) is 0 Å². The van der Waals surface area contributed by atoms with Gasteiger partial charge >= 0.3 is 5.97 Å². The van der Waals surface area contributed by atoms with Crippen LogP contribution in [-0.4, -0.2) is 36.7 Å². The van der Waals surface area contributed by atoms with Gasteiger partial charge < -0.3 is 19.7 Å². The fourth-order valence-corrected chi connectivity index (χ4v) is 5.14. The van der Waals surface area contributed by atoms with Crippen molar-refractivity contribution in [1.29, 1.82) is 0 Å². The van der Waals surface area contributed by atoms with Gasteiger partial charge in [-0.2, -0.15) is 0 Å². The molecule has 2 aliphatic rings. The fourth-order valence-electron chi connectivity index (χ4n) is 5.14. The quantitative estimate of drug-likeness (QED) is 0.297. The number of hydrogen-bond acceptors (Lipinski definition) is 7. The third kappa shape index (κ3) is 5.54. The first-order valence-electron chi connectivity index (χ1n) is 13.3. The lowest BCUT2D eigenvalue weighted by Crippen LogP contribution is -2.35. The van der Waals surface area contributed by atoms with Crippen LogP contribution in [0, 0.1) is 12.7 Å². The van der Waals surface area contributed by atoms with E-state index >= 15 is 0 Å². The number of anilines is 2. The minimum absolute atomic E-state index is 0.183. The second-order valence-electron chi connectivity index (χ2n) is 10.6. The van der Waals surface area contributed by atoms with Crippen LogP contribution < -0.4 is 5.32 Å². The average Bonchev–Trinajstić information content (AvgIpc) is 3.65. The molecular formula is C30H30FN5O3. The molecule has 0 bridgehead atoms. The average molecular weight is 528 g/mol. The molecule has 0 radical (unpaired) electrons. The molecule has 2 aromatic carbocycles. The molecule has 0 spiro atoms. The van der Waals surface area contributed by atoms with Crippen LogP contribution in [0.3, 0.4) is 0 Å². The summed E-state index contributed by atoms with van der Waals surface area (Å²) in [5.74, 6) is -0.155. The zero-order valence-corrected chi connectivity index (χ0v) is 21.7. The van der Waals surface area contributed by atoms with Crippen molar-refractivity contribution in [2.75, 3.05) is 5.32 Å². The molecule has 9 heteroatoms. The van der Waals surface area contributed by atoms with Crippen molar-refractivity contribution >= 4 is 17.6 Å². The number of carbonyl (C=O) groups excluding carboxylic acids is 1. The van der Waals surface area contributed by atoms with E-state index in [9.17, 15) is 14.3 Å². The third-order valence-electron chi connectivity index (χ3n) is 7.45. The summed E-state index contributed by atoms with van der Waals surface area (Å²) in [5.41, 5.74) is 3.13. The van der Waals surface area contributed by atoms with Gasteiger partial charge in [-0.15, -0.1) is 0 Å². The number of ether oxygens (including phenoxy) is 1. The van der Waals surface area contributed by atoms with Gasteiger partial charge in [-0.25, -0.2) is 24.1 Å². The Kier molecular flexibility index (Phi) is 6.60. The number of esters is 1. The van der Waals surface area contributed by atoms with Crippen LogP contribution in [0.4, 0.5) is 16.0 Å². The van der Waals surface area contributed by atoms with Crippen molar-refractivity contribution in [3.05, 3.63) is 95.6 Å². The fraction of sp³-hybridized carbons (Fsp3) is 0.333. The van der Waals surface area contributed by atoms with E-state index in [1.54, 1.807) is 30.6 Å². The van der Waals surface area contributed by atoms with Crippen LogP contribution in [0.15, 0.2) is 67.3 Å². The van der Waals surface area contributed by atoms with Crippen molar-refractivity contribution in [2.45, 2.75) is 63.1 Å². The second kappa shape index (κ2) is 10.2. The van der Waals surface area contributed by atoms with E-state index in [1.165, 1.54) is 6.20 Å². The van der Waals surface area contributed by atoms with Gasteiger partial charge in [-0.3, -0.25) is 0 Å². The van der Waals surface area contributed by atoms with E-state index in [-0.39, 0.29) is 23.8 Å². The van der Waals surface area contributed by atoms with Crippen LogP contribution in [-0.2, 0) is 10.3 Å². The molecule has 2 N–H and O–H groups in total. The Morgan fingerprint density at radius 3 is 2.62 bits per heavy atom. The zero-order valence-electron chi connectivity index (χ0n) is 21.7. The Bertz CT molecular complexity index is 1490. The monoisotopic (exact) mass is 527 g/mol. The highest BCUT2D eigenvalue weighted by atomic mass is 19.1. The number of aromatic nitrogens is 4. The maximum Gasteiger partial charge on any atom is 0.338 e. The number of benzene rings is 2. The lowest BCUT2D eigenvalue weighted by atomic mass is 9.81. The zero-order chi connectivity index (χ0) is 27.0. The van der Waals surface area contributed by atoms with Gasteiger partial charge in [0.1, 0.15) is 11.7 Å². The number of nitrogens with zero attached hydrogens (tertiary/aromatic N) is 4. The van der Waals surface area contributed by atoms with E-state index in [0.717, 1.165) is 29.8 Å². The Labute approximate surface area is 225 Å². The molecule has 2 fully saturated rings. The first kappa shape index (κ1) is 25.2. The Balaban J connectivity index is 1.13. The molecule has 4 aromatic rings. The van der Waals surface area contributed by atoms with Crippen LogP contribution in [0.25, 0.3) is 5.69 Å². The highest BCUT2D eigenvalue weighted by Crippen LogP contribution is 2.40. The van der Waals surface area contributed by atoms with Crippen molar-refractivity contribution < 1.29 is 19.0 Å². The summed E-state index contributed by atoms with van der Waals surface area (Å²) in [7, 11) is 0. The number of rotatable bonds is 7. The molecule has 0 atom stereocenters. The summed E-state index contributed by atoms with van der Waals surface area (Å²) >= 11 is 0. The summed E-state index contributed by atoms with van der Waals surface area (Å²) in [6, 6.07) is 14.9. The maximum absolute atomic E-state index is 14.1. The van der Waals surface area contributed by atoms with Crippen molar-refractivity contribution in [2.24, 2.45) is 0 Å². The molecule has 0 aliphatic heterocycles. The summed E-state index contributed by atoms with van der Waals surface area (Å²) in [4.78, 5) is 25.4. The van der Waals surface area contributed by atoms with E-state index < -0.39 is 5.60 Å². The van der Waals surface area contributed by atoms with Gasteiger partial charge in [0.2, 0.25) is 5.95 Å². The van der Waals surface area contributed by atoms with Gasteiger partial charge in [-0.1, -0.05) is 18.2 Å². The van der Waals surface area contributed by atoms with Crippen LogP contribution >= 0.6 is 0 Å². The number of imidazole rings is 1. The minimum atomic E-state index is -1.09. The molecule has 0 saturated heterocycles. The van der Waals surface area contributed by atoms with Crippen molar-refractivity contribution in [1.82, 2.24) is 19.5 Å². The summed E-state index contributed by atoms with van der Waals surface area (Å²) < 4.78 is 21.6. The van der Waals surface area contributed by atoms with E-state index in [2.05, 4.69) is 20.3 Å². The molecule has 39 heavy (non-hydrogen) atoms. The van der Waals surface area contributed by atoms with E-state index in [1.807, 2.05) is 42.0 Å². The normalized spacial score (nSPS) is 20.9. The SMILES string of the molecule is Cc1cc(Nc2ncc(F)c(C3CC3)n2)cc(-n2cnc(C3(O)CCC(OC(=O)c4ccccc4)CC3)c2)c1. The lowest BCUT2D eigenvalue weighted by molar-refractivity contribution is -0.0485. The second-order valence-corrected chi connectivity index (χ2v) is 10.6.